The highest BCUT2D eigenvalue weighted by Gasteiger charge is 2.02. The molecule has 0 atom stereocenters. The van der Waals surface area contributed by atoms with Crippen LogP contribution in [0, 0.1) is 0 Å². The summed E-state index contributed by atoms with van der Waals surface area (Å²) in [7, 11) is 0. The van der Waals surface area contributed by atoms with Gasteiger partial charge in [-0.3, -0.25) is 4.79 Å². The Balaban J connectivity index is 2.60. The smallest absolute Gasteiger partial charge is 0.237 e. The number of hydrogen-bond acceptors (Lipinski definition) is 3. The van der Waals surface area contributed by atoms with Crippen molar-refractivity contribution in [3.63, 3.8) is 0 Å². The van der Waals surface area contributed by atoms with Gasteiger partial charge in [-0.1, -0.05) is 6.92 Å². The second-order valence-corrected chi connectivity index (χ2v) is 2.76. The zero-order valence-electron chi connectivity index (χ0n) is 7.66. The SMILES string of the molecule is CCNCc1cncn1CC(N)=O. The van der Waals surface area contributed by atoms with Gasteiger partial charge >= 0.3 is 0 Å². The Labute approximate surface area is 76.9 Å². The average molecular weight is 182 g/mol. The van der Waals surface area contributed by atoms with Crippen LogP contribution in [0.25, 0.3) is 0 Å². The summed E-state index contributed by atoms with van der Waals surface area (Å²) in [5.41, 5.74) is 6.05. The summed E-state index contributed by atoms with van der Waals surface area (Å²) < 4.78 is 1.74. The monoisotopic (exact) mass is 182 g/mol. The van der Waals surface area contributed by atoms with Crippen LogP contribution in [-0.2, 0) is 17.9 Å². The van der Waals surface area contributed by atoms with Gasteiger partial charge in [0.1, 0.15) is 6.54 Å². The molecule has 1 rings (SSSR count). The van der Waals surface area contributed by atoms with Crippen molar-refractivity contribution >= 4 is 5.91 Å². The lowest BCUT2D eigenvalue weighted by atomic mass is 10.4. The van der Waals surface area contributed by atoms with Crippen molar-refractivity contribution in [1.29, 1.82) is 0 Å². The second-order valence-electron chi connectivity index (χ2n) is 2.76. The molecule has 0 aliphatic heterocycles. The lowest BCUT2D eigenvalue weighted by Crippen LogP contribution is -2.21. The van der Waals surface area contributed by atoms with E-state index in [9.17, 15) is 4.79 Å². The molecule has 0 aliphatic carbocycles. The molecule has 0 unspecified atom stereocenters. The topological polar surface area (TPSA) is 72.9 Å². The largest absolute Gasteiger partial charge is 0.368 e. The highest BCUT2D eigenvalue weighted by molar-refractivity contribution is 5.73. The van der Waals surface area contributed by atoms with Gasteiger partial charge in [-0.05, 0) is 6.54 Å². The molecule has 1 heterocycles. The molecule has 0 aromatic carbocycles. The lowest BCUT2D eigenvalue weighted by molar-refractivity contribution is -0.118. The van der Waals surface area contributed by atoms with Crippen LogP contribution >= 0.6 is 0 Å². The third-order valence-electron chi connectivity index (χ3n) is 1.68. The first-order chi connectivity index (χ1) is 6.24. The molecular formula is C8H14N4O. The summed E-state index contributed by atoms with van der Waals surface area (Å²) in [5.74, 6) is -0.351. The van der Waals surface area contributed by atoms with Gasteiger partial charge in [0, 0.05) is 12.7 Å². The van der Waals surface area contributed by atoms with Gasteiger partial charge in [-0.25, -0.2) is 4.98 Å². The fraction of sp³-hybridized carbons (Fsp3) is 0.500. The van der Waals surface area contributed by atoms with Crippen LogP contribution < -0.4 is 11.1 Å². The number of primary amides is 1. The second kappa shape index (κ2) is 4.61. The maximum absolute atomic E-state index is 10.6. The van der Waals surface area contributed by atoms with Crippen molar-refractivity contribution in [3.05, 3.63) is 18.2 Å². The van der Waals surface area contributed by atoms with Crippen molar-refractivity contribution in [2.24, 2.45) is 5.73 Å². The minimum absolute atomic E-state index is 0.195. The number of carbonyl (C=O) groups excluding carboxylic acids is 1. The van der Waals surface area contributed by atoms with E-state index in [-0.39, 0.29) is 12.5 Å². The fourth-order valence-electron chi connectivity index (χ4n) is 1.06. The summed E-state index contributed by atoms with van der Waals surface area (Å²) in [5, 5.41) is 3.15. The van der Waals surface area contributed by atoms with Crippen LogP contribution in [0.4, 0.5) is 0 Å². The van der Waals surface area contributed by atoms with Gasteiger partial charge in [0.15, 0.2) is 0 Å². The normalized spacial score (nSPS) is 10.2. The van der Waals surface area contributed by atoms with E-state index in [1.165, 1.54) is 0 Å². The summed E-state index contributed by atoms with van der Waals surface area (Å²) in [6.07, 6.45) is 3.34. The average Bonchev–Trinajstić information content (AvgIpc) is 2.48. The van der Waals surface area contributed by atoms with E-state index in [2.05, 4.69) is 10.3 Å². The van der Waals surface area contributed by atoms with Crippen molar-refractivity contribution in [2.75, 3.05) is 6.54 Å². The quantitative estimate of drug-likeness (QED) is 0.643. The Morgan fingerprint density at radius 1 is 1.77 bits per heavy atom. The Hall–Kier alpha value is -1.36. The van der Waals surface area contributed by atoms with E-state index in [1.807, 2.05) is 6.92 Å². The Bertz CT molecular complexity index is 281. The zero-order valence-corrected chi connectivity index (χ0v) is 7.66. The maximum Gasteiger partial charge on any atom is 0.237 e. The Morgan fingerprint density at radius 2 is 2.54 bits per heavy atom. The molecule has 72 valence electrons. The van der Waals surface area contributed by atoms with Gasteiger partial charge in [0.2, 0.25) is 5.91 Å². The Kier molecular flexibility index (Phi) is 3.45. The predicted octanol–water partition coefficient (Wildman–Crippen LogP) is -0.522. The van der Waals surface area contributed by atoms with Crippen LogP contribution in [-0.4, -0.2) is 22.0 Å². The summed E-state index contributed by atoms with van der Waals surface area (Å²) in [4.78, 5) is 14.6. The van der Waals surface area contributed by atoms with Crippen molar-refractivity contribution < 1.29 is 4.79 Å². The molecule has 0 aliphatic rings. The number of amides is 1. The molecule has 0 saturated carbocycles. The first-order valence-corrected chi connectivity index (χ1v) is 4.22. The zero-order chi connectivity index (χ0) is 9.68. The first-order valence-electron chi connectivity index (χ1n) is 4.22. The molecule has 0 bridgehead atoms. The van der Waals surface area contributed by atoms with E-state index >= 15 is 0 Å². The summed E-state index contributed by atoms with van der Waals surface area (Å²) in [6.45, 7) is 3.82. The third-order valence-corrected chi connectivity index (χ3v) is 1.68. The molecule has 13 heavy (non-hydrogen) atoms. The number of nitrogens with zero attached hydrogens (tertiary/aromatic N) is 2. The standard InChI is InChI=1S/C8H14N4O/c1-2-10-3-7-4-11-6-12(7)5-8(9)13/h4,6,10H,2-3,5H2,1H3,(H2,9,13). The first kappa shape index (κ1) is 9.73. The van der Waals surface area contributed by atoms with Gasteiger partial charge in [0.05, 0.1) is 12.0 Å². The third kappa shape index (κ3) is 2.87. The Morgan fingerprint density at radius 3 is 3.15 bits per heavy atom. The fourth-order valence-corrected chi connectivity index (χ4v) is 1.06. The van der Waals surface area contributed by atoms with Crippen LogP contribution in [0.3, 0.4) is 0 Å². The van der Waals surface area contributed by atoms with Crippen LogP contribution in [0.1, 0.15) is 12.6 Å². The van der Waals surface area contributed by atoms with Gasteiger partial charge in [-0.15, -0.1) is 0 Å². The maximum atomic E-state index is 10.6. The highest BCUT2D eigenvalue weighted by atomic mass is 16.1. The molecule has 5 nitrogen and oxygen atoms in total. The van der Waals surface area contributed by atoms with Crippen LogP contribution in [0.5, 0.6) is 0 Å². The molecule has 0 radical (unpaired) electrons. The molecule has 1 aromatic rings. The van der Waals surface area contributed by atoms with Crippen LogP contribution in [0.15, 0.2) is 12.5 Å². The predicted molar refractivity (Wildman–Crippen MR) is 48.8 cm³/mol. The van der Waals surface area contributed by atoms with E-state index < -0.39 is 0 Å². The highest BCUT2D eigenvalue weighted by Crippen LogP contribution is 1.97. The van der Waals surface area contributed by atoms with Gasteiger partial charge in [0.25, 0.3) is 0 Å². The van der Waals surface area contributed by atoms with E-state index in [0.29, 0.717) is 6.54 Å². The molecule has 5 heteroatoms. The molecule has 3 N–H and O–H groups in total. The number of imidazole rings is 1. The van der Waals surface area contributed by atoms with Gasteiger partial charge in [-0.2, -0.15) is 0 Å². The molecule has 0 saturated heterocycles. The number of aromatic nitrogens is 2. The minimum atomic E-state index is -0.351. The number of nitrogens with one attached hydrogen (secondary N) is 1. The number of hydrogen-bond donors (Lipinski definition) is 2. The molecule has 1 aromatic heterocycles. The molecule has 0 fully saturated rings. The lowest BCUT2D eigenvalue weighted by Gasteiger charge is -2.05. The number of carbonyl (C=O) groups is 1. The van der Waals surface area contributed by atoms with Gasteiger partial charge < -0.3 is 15.6 Å². The molecule has 1 amide bonds. The van der Waals surface area contributed by atoms with E-state index in [0.717, 1.165) is 12.2 Å². The van der Waals surface area contributed by atoms with E-state index in [1.54, 1.807) is 17.1 Å². The summed E-state index contributed by atoms with van der Waals surface area (Å²) >= 11 is 0. The van der Waals surface area contributed by atoms with E-state index in [4.69, 9.17) is 5.73 Å². The molecule has 0 spiro atoms. The summed E-state index contributed by atoms with van der Waals surface area (Å²) in [6, 6.07) is 0. The number of nitrogens with two attached hydrogens (primary N) is 1. The molecular weight excluding hydrogens is 168 g/mol. The number of rotatable bonds is 5. The van der Waals surface area contributed by atoms with Crippen molar-refractivity contribution in [1.82, 2.24) is 14.9 Å². The minimum Gasteiger partial charge on any atom is -0.368 e. The van der Waals surface area contributed by atoms with Crippen molar-refractivity contribution in [3.8, 4) is 0 Å². The van der Waals surface area contributed by atoms with Crippen molar-refractivity contribution in [2.45, 2.75) is 20.0 Å². The van der Waals surface area contributed by atoms with Crippen LogP contribution in [0.2, 0.25) is 0 Å².